The maximum atomic E-state index is 13.4. The summed E-state index contributed by atoms with van der Waals surface area (Å²) in [5.41, 5.74) is 3.71. The van der Waals surface area contributed by atoms with Gasteiger partial charge in [-0.2, -0.15) is 0 Å². The van der Waals surface area contributed by atoms with Gasteiger partial charge in [-0.3, -0.25) is 0 Å². The second kappa shape index (κ2) is 11.2. The molecule has 2 atom stereocenters. The van der Waals surface area contributed by atoms with Crippen LogP contribution in [0.3, 0.4) is 0 Å². The maximum absolute atomic E-state index is 13.4. The van der Waals surface area contributed by atoms with Crippen molar-refractivity contribution < 1.29 is 4.79 Å². The molecular formula is C26H34Cl2N2O. The second-order valence-corrected chi connectivity index (χ2v) is 9.35. The molecule has 3 nitrogen and oxygen atoms in total. The van der Waals surface area contributed by atoms with E-state index in [-0.39, 0.29) is 18.0 Å². The molecule has 168 valence electrons. The average Bonchev–Trinajstić information content (AvgIpc) is 2.79. The molecule has 0 fully saturated rings. The van der Waals surface area contributed by atoms with Gasteiger partial charge in [0, 0.05) is 26.1 Å². The van der Waals surface area contributed by atoms with Crippen molar-refractivity contribution in [1.82, 2.24) is 9.80 Å². The number of carbonyl (C=O) groups is 1. The Labute approximate surface area is 197 Å². The van der Waals surface area contributed by atoms with Crippen LogP contribution in [-0.4, -0.2) is 36.0 Å². The number of fused-ring (bicyclic) bond motifs is 1. The zero-order valence-corrected chi connectivity index (χ0v) is 20.4. The number of amides is 2. The maximum Gasteiger partial charge on any atom is 0.320 e. The molecule has 0 aliphatic heterocycles. The van der Waals surface area contributed by atoms with Crippen molar-refractivity contribution in [2.24, 2.45) is 0 Å². The second-order valence-electron chi connectivity index (χ2n) is 8.54. The smallest absolute Gasteiger partial charge is 0.320 e. The number of hydrogen-bond acceptors (Lipinski definition) is 1. The number of carbonyl (C=O) groups excluding carboxylic acids is 1. The number of nitrogens with zero attached hydrogens (tertiary/aromatic N) is 2. The molecule has 0 heterocycles. The molecule has 2 amide bonds. The van der Waals surface area contributed by atoms with Gasteiger partial charge in [0.15, 0.2) is 0 Å². The summed E-state index contributed by atoms with van der Waals surface area (Å²) in [5.74, 6) is 0.266. The molecule has 1 aliphatic rings. The van der Waals surface area contributed by atoms with Crippen LogP contribution in [0.15, 0.2) is 42.5 Å². The lowest BCUT2D eigenvalue weighted by atomic mass is 9.76. The number of hydrogen-bond donors (Lipinski definition) is 0. The van der Waals surface area contributed by atoms with Gasteiger partial charge in [-0.25, -0.2) is 4.79 Å². The van der Waals surface area contributed by atoms with Crippen molar-refractivity contribution in [2.45, 2.75) is 64.3 Å². The van der Waals surface area contributed by atoms with Crippen LogP contribution in [0.2, 0.25) is 10.0 Å². The molecule has 5 heteroatoms. The summed E-state index contributed by atoms with van der Waals surface area (Å²) >= 11 is 12.4. The van der Waals surface area contributed by atoms with Gasteiger partial charge in [0.1, 0.15) is 0 Å². The van der Waals surface area contributed by atoms with Crippen LogP contribution in [0.1, 0.15) is 81.0 Å². The summed E-state index contributed by atoms with van der Waals surface area (Å²) in [5, 5.41) is 1.17. The van der Waals surface area contributed by atoms with Crippen LogP contribution >= 0.6 is 23.2 Å². The lowest BCUT2D eigenvalue weighted by Gasteiger charge is -2.39. The van der Waals surface area contributed by atoms with E-state index in [1.165, 1.54) is 16.7 Å². The Morgan fingerprint density at radius 3 is 2.19 bits per heavy atom. The Kier molecular flexibility index (Phi) is 8.68. The van der Waals surface area contributed by atoms with Crippen molar-refractivity contribution >= 4 is 29.2 Å². The Morgan fingerprint density at radius 1 is 0.935 bits per heavy atom. The SMILES string of the molecule is CCCCN(CCCC)C(=O)N(C)[C@H]1CC[C@@H](c2ccc(Cl)c(Cl)c2)c2ccccc21. The quantitative estimate of drug-likeness (QED) is 0.392. The summed E-state index contributed by atoms with van der Waals surface area (Å²) in [4.78, 5) is 17.4. The van der Waals surface area contributed by atoms with Gasteiger partial charge in [-0.15, -0.1) is 0 Å². The minimum atomic E-state index is 0.0912. The third-order valence-corrected chi connectivity index (χ3v) is 7.15. The fourth-order valence-corrected chi connectivity index (χ4v) is 4.91. The van der Waals surface area contributed by atoms with Crippen molar-refractivity contribution in [2.75, 3.05) is 20.1 Å². The molecule has 0 spiro atoms. The Morgan fingerprint density at radius 2 is 1.58 bits per heavy atom. The van der Waals surface area contributed by atoms with E-state index in [0.717, 1.165) is 51.6 Å². The van der Waals surface area contributed by atoms with Gasteiger partial charge in [-0.1, -0.05) is 80.2 Å². The van der Waals surface area contributed by atoms with E-state index in [1.54, 1.807) is 0 Å². The molecular weight excluding hydrogens is 427 g/mol. The largest absolute Gasteiger partial charge is 0.325 e. The molecule has 31 heavy (non-hydrogen) atoms. The molecule has 2 aromatic rings. The van der Waals surface area contributed by atoms with Crippen molar-refractivity contribution in [3.63, 3.8) is 0 Å². The fraction of sp³-hybridized carbons (Fsp3) is 0.500. The van der Waals surface area contributed by atoms with Crippen LogP contribution in [-0.2, 0) is 0 Å². The number of halogens is 2. The van der Waals surface area contributed by atoms with Crippen molar-refractivity contribution in [1.29, 1.82) is 0 Å². The Balaban J connectivity index is 1.86. The molecule has 3 rings (SSSR count). The minimum Gasteiger partial charge on any atom is -0.325 e. The van der Waals surface area contributed by atoms with Crippen LogP contribution in [0.25, 0.3) is 0 Å². The van der Waals surface area contributed by atoms with Gasteiger partial charge in [0.2, 0.25) is 0 Å². The third-order valence-electron chi connectivity index (χ3n) is 6.41. The van der Waals surface area contributed by atoms with E-state index in [1.807, 2.05) is 29.0 Å². The van der Waals surface area contributed by atoms with Gasteiger partial charge in [0.05, 0.1) is 16.1 Å². The molecule has 0 radical (unpaired) electrons. The zero-order chi connectivity index (χ0) is 22.4. The topological polar surface area (TPSA) is 23.6 Å². The first kappa shape index (κ1) is 23.9. The first-order chi connectivity index (χ1) is 15.0. The number of rotatable bonds is 8. The summed E-state index contributed by atoms with van der Waals surface area (Å²) in [6.07, 6.45) is 6.18. The highest BCUT2D eigenvalue weighted by Gasteiger charge is 2.33. The number of benzene rings is 2. The van der Waals surface area contributed by atoms with Crippen LogP contribution in [0.5, 0.6) is 0 Å². The molecule has 0 N–H and O–H groups in total. The standard InChI is InChI=1S/C26H34Cl2N2O/c1-4-6-16-30(17-7-5-2)26(31)29(3)25-15-13-20(21-10-8-9-11-22(21)25)19-12-14-23(27)24(28)18-19/h8-12,14,18,20,25H,4-7,13,15-17H2,1-3H3/t20-,25-/m0/s1. The molecule has 1 aliphatic carbocycles. The summed E-state index contributed by atoms with van der Waals surface area (Å²) in [7, 11) is 1.97. The highest BCUT2D eigenvalue weighted by Crippen LogP contribution is 2.44. The third kappa shape index (κ3) is 5.56. The first-order valence-corrected chi connectivity index (χ1v) is 12.3. The lowest BCUT2D eigenvalue weighted by molar-refractivity contribution is 0.139. The molecule has 0 unspecified atom stereocenters. The predicted octanol–water partition coefficient (Wildman–Crippen LogP) is 7.91. The molecule has 0 aromatic heterocycles. The average molecular weight is 461 g/mol. The minimum absolute atomic E-state index is 0.0912. The monoisotopic (exact) mass is 460 g/mol. The highest BCUT2D eigenvalue weighted by atomic mass is 35.5. The van der Waals surface area contributed by atoms with Crippen molar-refractivity contribution in [3.8, 4) is 0 Å². The van der Waals surface area contributed by atoms with E-state index < -0.39 is 0 Å². The summed E-state index contributed by atoms with van der Waals surface area (Å²) in [6, 6.07) is 14.7. The molecule has 0 saturated heterocycles. The van der Waals surface area contributed by atoms with Crippen molar-refractivity contribution in [3.05, 3.63) is 69.2 Å². The van der Waals surface area contributed by atoms with Crippen LogP contribution < -0.4 is 0 Å². The number of unbranched alkanes of at least 4 members (excludes halogenated alkanes) is 2. The van der Waals surface area contributed by atoms with E-state index in [4.69, 9.17) is 23.2 Å². The lowest BCUT2D eigenvalue weighted by Crippen LogP contribution is -2.44. The normalized spacial score (nSPS) is 17.8. The molecule has 0 bridgehead atoms. The summed E-state index contributed by atoms with van der Waals surface area (Å²) in [6.45, 7) is 6.01. The Bertz CT molecular complexity index is 877. The van der Waals surface area contributed by atoms with E-state index in [2.05, 4.69) is 44.2 Å². The Hall–Kier alpha value is -1.71. The zero-order valence-electron chi connectivity index (χ0n) is 18.9. The molecule has 2 aromatic carbocycles. The highest BCUT2D eigenvalue weighted by molar-refractivity contribution is 6.42. The van der Waals surface area contributed by atoms with Gasteiger partial charge in [0.25, 0.3) is 0 Å². The predicted molar refractivity (Wildman–Crippen MR) is 131 cm³/mol. The molecule has 0 saturated carbocycles. The number of urea groups is 1. The fourth-order valence-electron chi connectivity index (χ4n) is 4.60. The van der Waals surface area contributed by atoms with Gasteiger partial charge < -0.3 is 9.80 Å². The van der Waals surface area contributed by atoms with Gasteiger partial charge >= 0.3 is 6.03 Å². The first-order valence-electron chi connectivity index (χ1n) is 11.5. The van der Waals surface area contributed by atoms with Crippen LogP contribution in [0.4, 0.5) is 4.79 Å². The van der Waals surface area contributed by atoms with E-state index in [0.29, 0.717) is 10.0 Å². The van der Waals surface area contributed by atoms with Crippen LogP contribution in [0, 0.1) is 0 Å². The van der Waals surface area contributed by atoms with E-state index in [9.17, 15) is 4.79 Å². The van der Waals surface area contributed by atoms with Gasteiger partial charge in [-0.05, 0) is 54.5 Å². The van der Waals surface area contributed by atoms with E-state index >= 15 is 0 Å². The summed E-state index contributed by atoms with van der Waals surface area (Å²) < 4.78 is 0.